The van der Waals surface area contributed by atoms with Crippen LogP contribution in [0.2, 0.25) is 0 Å². The van der Waals surface area contributed by atoms with E-state index in [0.717, 1.165) is 22.5 Å². The number of morpholine rings is 1. The van der Waals surface area contributed by atoms with Crippen LogP contribution in [0, 0.1) is 0 Å². The average Bonchev–Trinajstić information content (AvgIpc) is 3.33. The molecule has 1 amide bonds. The Hall–Kier alpha value is -4.68. The molecule has 0 aliphatic carbocycles. The molecule has 0 bridgehead atoms. The lowest BCUT2D eigenvalue weighted by molar-refractivity contribution is -0.111. The Morgan fingerprint density at radius 3 is 2.62 bits per heavy atom. The van der Waals surface area contributed by atoms with Gasteiger partial charge < -0.3 is 29.9 Å². The molecule has 1 aliphatic heterocycles. The summed E-state index contributed by atoms with van der Waals surface area (Å²) in [5, 5.41) is 11.0. The van der Waals surface area contributed by atoms with Gasteiger partial charge in [-0.15, -0.1) is 0 Å². The van der Waals surface area contributed by atoms with Crippen LogP contribution in [0.5, 0.6) is 5.75 Å². The molecule has 0 atom stereocenters. The van der Waals surface area contributed by atoms with Gasteiger partial charge in [0.05, 0.1) is 43.1 Å². The van der Waals surface area contributed by atoms with Gasteiger partial charge in [0.1, 0.15) is 13.6 Å². The van der Waals surface area contributed by atoms with Crippen molar-refractivity contribution in [3.8, 4) is 22.8 Å². The molecule has 11 nitrogen and oxygen atoms in total. The lowest BCUT2D eigenvalue weighted by Crippen LogP contribution is -2.36. The fourth-order valence-electron chi connectivity index (χ4n) is 4.77. The molecule has 5 rings (SSSR count). The van der Waals surface area contributed by atoms with Crippen LogP contribution in [-0.4, -0.2) is 85.9 Å². The summed E-state index contributed by atoms with van der Waals surface area (Å²) >= 11 is 0. The molecule has 4 aromatic rings. The fraction of sp³-hybridized carbons (Fsp3) is 0.267. The van der Waals surface area contributed by atoms with Crippen molar-refractivity contribution in [1.29, 1.82) is 0 Å². The summed E-state index contributed by atoms with van der Waals surface area (Å²) in [6, 6.07) is 15.3. The Kier molecular flexibility index (Phi) is 8.84. The summed E-state index contributed by atoms with van der Waals surface area (Å²) in [5.41, 5.74) is 5.13. The smallest absolute Gasteiger partial charge is 0.247 e. The van der Waals surface area contributed by atoms with E-state index in [1.54, 1.807) is 30.1 Å². The first kappa shape index (κ1) is 28.8. The second-order valence-electron chi connectivity index (χ2n) is 9.95. The predicted octanol–water partition coefficient (Wildman–Crippen LogP) is 2.90. The maximum absolute atomic E-state index is 12.3. The predicted molar refractivity (Wildman–Crippen MR) is 166 cm³/mol. The lowest BCUT2D eigenvalue weighted by Gasteiger charge is -2.31. The minimum absolute atomic E-state index is 0.302. The third kappa shape index (κ3) is 6.29. The first-order valence-corrected chi connectivity index (χ1v) is 13.5. The number of hydrogen-bond donors (Lipinski definition) is 2. The molecule has 0 spiro atoms. The van der Waals surface area contributed by atoms with Crippen molar-refractivity contribution in [1.82, 2.24) is 24.6 Å². The maximum Gasteiger partial charge on any atom is 0.247 e. The van der Waals surface area contributed by atoms with Crippen LogP contribution in [0.15, 0.2) is 67.4 Å². The molecule has 3 heterocycles. The Morgan fingerprint density at radius 2 is 1.93 bits per heavy atom. The van der Waals surface area contributed by atoms with E-state index < -0.39 is 0 Å². The van der Waals surface area contributed by atoms with Crippen LogP contribution in [0.25, 0.3) is 17.1 Å². The van der Waals surface area contributed by atoms with Crippen LogP contribution in [0.3, 0.4) is 0 Å². The highest BCUT2D eigenvalue weighted by Gasteiger charge is 2.21. The zero-order valence-electron chi connectivity index (χ0n) is 24.0. The lowest BCUT2D eigenvalue weighted by atomic mass is 9.95. The van der Waals surface area contributed by atoms with Crippen LogP contribution in [0.4, 0.5) is 23.0 Å². The van der Waals surface area contributed by atoms with Crippen molar-refractivity contribution in [2.75, 3.05) is 63.0 Å². The summed E-state index contributed by atoms with van der Waals surface area (Å²) < 4.78 is 12.9. The summed E-state index contributed by atoms with van der Waals surface area (Å²) in [4.78, 5) is 25.6. The Labute approximate surface area is 246 Å². The maximum atomic E-state index is 12.3. The monoisotopic (exact) mass is 564 g/mol. The fourth-order valence-corrected chi connectivity index (χ4v) is 4.77. The number of aromatic nitrogens is 4. The highest BCUT2D eigenvalue weighted by Crippen LogP contribution is 2.38. The number of nitrogens with one attached hydrogen (secondary N) is 2. The van der Waals surface area contributed by atoms with Gasteiger partial charge >= 0.3 is 0 Å². The van der Waals surface area contributed by atoms with Crippen molar-refractivity contribution in [3.63, 3.8) is 0 Å². The molecule has 0 saturated carbocycles. The minimum Gasteiger partial charge on any atom is -0.494 e. The first-order chi connectivity index (χ1) is 20.4. The molecule has 1 aliphatic rings. The minimum atomic E-state index is -0.323. The molecule has 2 aromatic carbocycles. The number of nitrogens with zero attached hydrogens (tertiary/aromatic N) is 6. The number of carbonyl (C=O) groups is 1. The second kappa shape index (κ2) is 12.9. The van der Waals surface area contributed by atoms with E-state index in [9.17, 15) is 4.79 Å². The van der Waals surface area contributed by atoms with E-state index in [-0.39, 0.29) is 5.91 Å². The third-order valence-corrected chi connectivity index (χ3v) is 6.76. The number of anilines is 4. The Morgan fingerprint density at radius 1 is 1.17 bits per heavy atom. The van der Waals surface area contributed by atoms with E-state index >= 15 is 0 Å². The van der Waals surface area contributed by atoms with Crippen molar-refractivity contribution in [2.45, 2.75) is 6.54 Å². The largest absolute Gasteiger partial charge is 0.494 e. The quantitative estimate of drug-likeness (QED) is 0.222. The van der Waals surface area contributed by atoms with E-state index in [1.165, 1.54) is 6.08 Å². The zero-order chi connectivity index (χ0) is 29.6. The Balaban J connectivity index is 1.52. The average molecular weight is 564 g/mol. The van der Waals surface area contributed by atoms with Gasteiger partial charge in [-0.05, 0) is 31.8 Å². The van der Waals surface area contributed by atoms with Gasteiger partial charge in [-0.2, -0.15) is 10.1 Å². The molecule has 12 heteroatoms. The van der Waals surface area contributed by atoms with Crippen LogP contribution in [-0.2, 0) is 16.1 Å². The van der Waals surface area contributed by atoms with Gasteiger partial charge in [0.15, 0.2) is 5.82 Å². The van der Waals surface area contributed by atoms with Crippen LogP contribution >= 0.6 is 0 Å². The molecule has 214 valence electrons. The van der Waals surface area contributed by atoms with E-state index in [2.05, 4.69) is 27.1 Å². The number of rotatable bonds is 10. The van der Waals surface area contributed by atoms with E-state index in [0.29, 0.717) is 67.3 Å². The van der Waals surface area contributed by atoms with Gasteiger partial charge in [0.2, 0.25) is 11.9 Å². The molecule has 0 unspecified atom stereocenters. The molecule has 2 N–H and O–H groups in total. The van der Waals surface area contributed by atoms with E-state index in [1.807, 2.05) is 55.4 Å². The first-order valence-electron chi connectivity index (χ1n) is 13.5. The van der Waals surface area contributed by atoms with Gasteiger partial charge in [0.25, 0.3) is 0 Å². The molecular formula is C30H33BN8O3. The highest BCUT2D eigenvalue weighted by molar-refractivity contribution is 6.32. The molecule has 1 saturated heterocycles. The zero-order valence-corrected chi connectivity index (χ0v) is 24.0. The van der Waals surface area contributed by atoms with Crippen LogP contribution in [0.1, 0.15) is 5.56 Å². The Bertz CT molecular complexity index is 1570. The summed E-state index contributed by atoms with van der Waals surface area (Å²) in [7, 11) is 12.2. The third-order valence-electron chi connectivity index (χ3n) is 6.76. The SMILES string of the molecule is [B]c1c(CN(C)C)c(-c2ccccc2)nn1-c1ccnc(Nc2cc(NC(=O)C=C)c(N3CCOCC3)cc2OC)n1. The molecule has 2 aromatic heterocycles. The number of ether oxygens (including phenoxy) is 2. The number of carbonyl (C=O) groups excluding carboxylic acids is 1. The van der Waals surface area contributed by atoms with Crippen molar-refractivity contribution in [3.05, 3.63) is 72.9 Å². The van der Waals surface area contributed by atoms with Crippen LogP contribution < -0.4 is 25.9 Å². The van der Waals surface area contributed by atoms with Crippen molar-refractivity contribution < 1.29 is 14.3 Å². The molecular weight excluding hydrogens is 531 g/mol. The summed E-state index contributed by atoms with van der Waals surface area (Å²) in [6.07, 6.45) is 2.87. The normalized spacial score (nSPS) is 13.2. The van der Waals surface area contributed by atoms with E-state index in [4.69, 9.17) is 27.4 Å². The summed E-state index contributed by atoms with van der Waals surface area (Å²) in [6.45, 7) is 6.75. The van der Waals surface area contributed by atoms with Gasteiger partial charge in [-0.1, -0.05) is 36.9 Å². The molecule has 42 heavy (non-hydrogen) atoms. The molecule has 1 fully saturated rings. The highest BCUT2D eigenvalue weighted by atomic mass is 16.5. The number of methoxy groups -OCH3 is 1. The van der Waals surface area contributed by atoms with Crippen molar-refractivity contribution >= 4 is 42.4 Å². The second-order valence-corrected chi connectivity index (χ2v) is 9.95. The summed E-state index contributed by atoms with van der Waals surface area (Å²) in [5.74, 6) is 1.03. The van der Waals surface area contributed by atoms with Gasteiger partial charge in [-0.3, -0.25) is 4.79 Å². The van der Waals surface area contributed by atoms with Crippen molar-refractivity contribution in [2.24, 2.45) is 0 Å². The number of amides is 1. The van der Waals surface area contributed by atoms with Gasteiger partial charge in [-0.25, -0.2) is 9.67 Å². The standard InChI is InChI=1S/C30H33BN8O3/c1-5-27(40)33-22-17-23(25(41-4)18-24(22)38-13-15-42-16-14-38)34-30-32-12-11-26(35-30)39-29(31)21(19-37(2)3)28(36-39)20-9-7-6-8-10-20/h5-12,17-18H,1,13-16,19H2,2-4H3,(H,33,40)(H,32,34,35). The topological polar surface area (TPSA) is 110 Å². The van der Waals surface area contributed by atoms with Gasteiger partial charge in [0, 0.05) is 49.1 Å². The number of benzene rings is 2. The molecule has 2 radical (unpaired) electrons. The number of hydrogen-bond acceptors (Lipinski definition) is 9.